The molecule has 2 heteroatoms. The summed E-state index contributed by atoms with van der Waals surface area (Å²) in [6.07, 6.45) is 3.70. The predicted molar refractivity (Wildman–Crippen MR) is 71.3 cm³/mol. The van der Waals surface area contributed by atoms with Gasteiger partial charge in [0.2, 0.25) is 0 Å². The zero-order valence-corrected chi connectivity index (χ0v) is 10.9. The van der Waals surface area contributed by atoms with Crippen LogP contribution in [0.25, 0.3) is 0 Å². The van der Waals surface area contributed by atoms with Crippen LogP contribution in [0.4, 0.5) is 0 Å². The Morgan fingerprint density at radius 2 is 2.00 bits per heavy atom. The maximum Gasteiger partial charge on any atom is 0.0477 e. The maximum absolute atomic E-state index is 5.24. The molecule has 0 aliphatic heterocycles. The van der Waals surface area contributed by atoms with Gasteiger partial charge in [-0.05, 0) is 31.4 Å². The molecule has 1 N–H and O–H groups in total. The first-order valence-corrected chi connectivity index (χ1v) is 6.61. The molecule has 1 atom stereocenters. The number of ether oxygens (including phenoxy) is 1. The lowest BCUT2D eigenvalue weighted by atomic mass is 9.86. The van der Waals surface area contributed by atoms with Gasteiger partial charge in [-0.25, -0.2) is 0 Å². The SMILES string of the molecule is CCNC(CCOC)C1(c2ccccc2)CC1. The Bertz CT molecular complexity index is 332. The minimum absolute atomic E-state index is 0.371. The van der Waals surface area contributed by atoms with Crippen molar-refractivity contribution in [3.63, 3.8) is 0 Å². The zero-order valence-electron chi connectivity index (χ0n) is 10.9. The van der Waals surface area contributed by atoms with E-state index in [1.807, 2.05) is 0 Å². The molecule has 1 aliphatic carbocycles. The Kier molecular flexibility index (Phi) is 4.19. The number of likely N-dealkylation sites (N-methyl/N-ethyl adjacent to an activating group) is 1. The van der Waals surface area contributed by atoms with E-state index in [-0.39, 0.29) is 0 Å². The lowest BCUT2D eigenvalue weighted by Gasteiger charge is -2.28. The summed E-state index contributed by atoms with van der Waals surface area (Å²) in [6.45, 7) is 4.05. The van der Waals surface area contributed by atoms with E-state index in [1.165, 1.54) is 18.4 Å². The second-order valence-electron chi connectivity index (χ2n) is 4.91. The molecule has 1 fully saturated rings. The predicted octanol–water partition coefficient (Wildman–Crippen LogP) is 2.73. The molecular weight excluding hydrogens is 210 g/mol. The number of methoxy groups -OCH3 is 1. The molecule has 2 nitrogen and oxygen atoms in total. The van der Waals surface area contributed by atoms with Crippen molar-refractivity contribution in [1.29, 1.82) is 0 Å². The fraction of sp³-hybridized carbons (Fsp3) is 0.600. The van der Waals surface area contributed by atoms with Gasteiger partial charge >= 0.3 is 0 Å². The molecule has 0 bridgehead atoms. The van der Waals surface area contributed by atoms with Crippen molar-refractivity contribution in [3.05, 3.63) is 35.9 Å². The third-order valence-corrected chi connectivity index (χ3v) is 3.87. The van der Waals surface area contributed by atoms with Crippen molar-refractivity contribution in [2.24, 2.45) is 0 Å². The summed E-state index contributed by atoms with van der Waals surface area (Å²) in [4.78, 5) is 0. The van der Waals surface area contributed by atoms with Crippen LogP contribution in [-0.2, 0) is 10.2 Å². The van der Waals surface area contributed by atoms with Crippen molar-refractivity contribution >= 4 is 0 Å². The maximum atomic E-state index is 5.24. The second kappa shape index (κ2) is 5.65. The summed E-state index contributed by atoms with van der Waals surface area (Å²) < 4.78 is 5.24. The number of nitrogens with one attached hydrogen (secondary N) is 1. The minimum Gasteiger partial charge on any atom is -0.385 e. The lowest BCUT2D eigenvalue weighted by Crippen LogP contribution is -2.40. The van der Waals surface area contributed by atoms with E-state index in [0.29, 0.717) is 11.5 Å². The van der Waals surface area contributed by atoms with Gasteiger partial charge < -0.3 is 10.1 Å². The van der Waals surface area contributed by atoms with Crippen molar-refractivity contribution in [2.45, 2.75) is 37.6 Å². The average Bonchev–Trinajstić information content (AvgIpc) is 3.17. The standard InChI is InChI=1S/C15H23NO/c1-3-16-14(9-12-17-2)15(10-11-15)13-7-5-4-6-8-13/h4-8,14,16H,3,9-12H2,1-2H3. The molecule has 1 aliphatic rings. The summed E-state index contributed by atoms with van der Waals surface area (Å²) in [5.41, 5.74) is 1.86. The monoisotopic (exact) mass is 233 g/mol. The fourth-order valence-electron chi connectivity index (χ4n) is 2.80. The summed E-state index contributed by atoms with van der Waals surface area (Å²) in [5, 5.41) is 3.64. The Balaban J connectivity index is 2.11. The highest BCUT2D eigenvalue weighted by Crippen LogP contribution is 2.51. The molecule has 0 amide bonds. The van der Waals surface area contributed by atoms with Crippen LogP contribution >= 0.6 is 0 Å². The molecule has 17 heavy (non-hydrogen) atoms. The molecule has 1 saturated carbocycles. The number of hydrogen-bond donors (Lipinski definition) is 1. The van der Waals surface area contributed by atoms with Crippen LogP contribution in [-0.4, -0.2) is 26.3 Å². The van der Waals surface area contributed by atoms with Crippen molar-refractivity contribution in [2.75, 3.05) is 20.3 Å². The summed E-state index contributed by atoms with van der Waals surface area (Å²) in [7, 11) is 1.78. The summed E-state index contributed by atoms with van der Waals surface area (Å²) >= 11 is 0. The van der Waals surface area contributed by atoms with E-state index in [0.717, 1.165) is 19.6 Å². The topological polar surface area (TPSA) is 21.3 Å². The third-order valence-electron chi connectivity index (χ3n) is 3.87. The van der Waals surface area contributed by atoms with Gasteiger partial charge in [0.15, 0.2) is 0 Å². The van der Waals surface area contributed by atoms with Crippen LogP contribution in [0.3, 0.4) is 0 Å². The van der Waals surface area contributed by atoms with E-state index in [2.05, 4.69) is 42.6 Å². The highest BCUT2D eigenvalue weighted by atomic mass is 16.5. The van der Waals surface area contributed by atoms with Crippen LogP contribution in [0.15, 0.2) is 30.3 Å². The molecule has 0 heterocycles. The van der Waals surface area contributed by atoms with E-state index in [4.69, 9.17) is 4.74 Å². The first-order chi connectivity index (χ1) is 8.33. The highest BCUT2D eigenvalue weighted by Gasteiger charge is 2.49. The van der Waals surface area contributed by atoms with Crippen molar-refractivity contribution in [1.82, 2.24) is 5.32 Å². The molecule has 1 aromatic carbocycles. The van der Waals surface area contributed by atoms with E-state index in [9.17, 15) is 0 Å². The molecule has 1 unspecified atom stereocenters. The minimum atomic E-state index is 0.371. The molecule has 0 spiro atoms. The van der Waals surface area contributed by atoms with Gasteiger partial charge in [0.05, 0.1) is 0 Å². The summed E-state index contributed by atoms with van der Waals surface area (Å²) in [5.74, 6) is 0. The number of hydrogen-bond acceptors (Lipinski definition) is 2. The average molecular weight is 233 g/mol. The van der Waals surface area contributed by atoms with E-state index >= 15 is 0 Å². The highest BCUT2D eigenvalue weighted by molar-refractivity contribution is 5.33. The Labute approximate surface area is 104 Å². The first kappa shape index (κ1) is 12.6. The molecule has 0 aromatic heterocycles. The van der Waals surface area contributed by atoms with Crippen LogP contribution < -0.4 is 5.32 Å². The normalized spacial score (nSPS) is 18.9. The Morgan fingerprint density at radius 1 is 1.29 bits per heavy atom. The number of rotatable bonds is 7. The van der Waals surface area contributed by atoms with Gasteiger partial charge in [-0.15, -0.1) is 0 Å². The Morgan fingerprint density at radius 3 is 2.53 bits per heavy atom. The molecule has 1 aromatic rings. The summed E-state index contributed by atoms with van der Waals surface area (Å²) in [6, 6.07) is 11.5. The number of benzene rings is 1. The quantitative estimate of drug-likeness (QED) is 0.782. The van der Waals surface area contributed by atoms with Gasteiger partial charge in [0, 0.05) is 25.2 Å². The molecule has 94 valence electrons. The van der Waals surface area contributed by atoms with Gasteiger partial charge in [-0.1, -0.05) is 37.3 Å². The third kappa shape index (κ3) is 2.70. The second-order valence-corrected chi connectivity index (χ2v) is 4.91. The van der Waals surface area contributed by atoms with Gasteiger partial charge in [-0.3, -0.25) is 0 Å². The van der Waals surface area contributed by atoms with E-state index in [1.54, 1.807) is 7.11 Å². The van der Waals surface area contributed by atoms with E-state index < -0.39 is 0 Å². The van der Waals surface area contributed by atoms with Crippen molar-refractivity contribution in [3.8, 4) is 0 Å². The molecule has 2 rings (SSSR count). The molecule has 0 saturated heterocycles. The van der Waals surface area contributed by atoms with Crippen LogP contribution in [0.1, 0.15) is 31.7 Å². The first-order valence-electron chi connectivity index (χ1n) is 6.61. The van der Waals surface area contributed by atoms with Crippen LogP contribution in [0.2, 0.25) is 0 Å². The molecule has 0 radical (unpaired) electrons. The zero-order chi connectivity index (χ0) is 12.1. The van der Waals surface area contributed by atoms with Gasteiger partial charge in [0.25, 0.3) is 0 Å². The largest absolute Gasteiger partial charge is 0.385 e. The fourth-order valence-corrected chi connectivity index (χ4v) is 2.80. The Hall–Kier alpha value is -0.860. The van der Waals surface area contributed by atoms with Crippen LogP contribution in [0, 0.1) is 0 Å². The lowest BCUT2D eigenvalue weighted by molar-refractivity contribution is 0.175. The van der Waals surface area contributed by atoms with Crippen molar-refractivity contribution < 1.29 is 4.74 Å². The van der Waals surface area contributed by atoms with Gasteiger partial charge in [0.1, 0.15) is 0 Å². The smallest absolute Gasteiger partial charge is 0.0477 e. The van der Waals surface area contributed by atoms with Gasteiger partial charge in [-0.2, -0.15) is 0 Å². The van der Waals surface area contributed by atoms with Crippen LogP contribution in [0.5, 0.6) is 0 Å². The molecular formula is C15H23NO.